The molecule has 0 fully saturated rings. The molecule has 3 aromatic carbocycles. The Labute approximate surface area is 252 Å². The number of benzene rings is 3. The molecule has 39 heavy (non-hydrogen) atoms. The number of carboxylic acid groups (broad SMARTS) is 1. The predicted octanol–water partition coefficient (Wildman–Crippen LogP) is 0.667. The first kappa shape index (κ1) is 30.1. The summed E-state index contributed by atoms with van der Waals surface area (Å²) in [6.45, 7) is 1.87. The average Bonchev–Trinajstić information content (AvgIpc) is 3.39. The number of ketones is 1. The first-order valence-electron chi connectivity index (χ1n) is 11.5. The fourth-order valence-electron chi connectivity index (χ4n) is 4.28. The van der Waals surface area contributed by atoms with Crippen molar-refractivity contribution in [3.05, 3.63) is 76.4 Å². The van der Waals surface area contributed by atoms with Crippen molar-refractivity contribution in [2.24, 2.45) is 0 Å². The van der Waals surface area contributed by atoms with Crippen LogP contribution in [-0.4, -0.2) is 48.9 Å². The number of carbonyl (C=O) groups excluding carboxylic acids is 2. The summed E-state index contributed by atoms with van der Waals surface area (Å²) in [5.74, 6) is -0.511. The minimum Gasteiger partial charge on any atom is -0.545 e. The third kappa shape index (κ3) is 6.25. The topological polar surface area (TPSA) is 120 Å². The number of Topliss-reactive ketones (excluding diaryl/α,β-unsaturated/α-hetero) is 1. The maximum atomic E-state index is 14.1. The zero-order chi connectivity index (χ0) is 27.4. The van der Waals surface area contributed by atoms with Gasteiger partial charge in [0.1, 0.15) is 16.8 Å². The van der Waals surface area contributed by atoms with E-state index in [2.05, 4.69) is 8.75 Å². The summed E-state index contributed by atoms with van der Waals surface area (Å²) >= 11 is 1.02. The van der Waals surface area contributed by atoms with Crippen LogP contribution >= 0.6 is 11.7 Å². The number of fused-ring (bicyclic) bond motifs is 1. The smallest absolute Gasteiger partial charge is 0.545 e. The second-order valence-corrected chi connectivity index (χ2v) is 8.86. The van der Waals surface area contributed by atoms with Gasteiger partial charge in [-0.15, -0.1) is 0 Å². The van der Waals surface area contributed by atoms with Crippen LogP contribution in [0.5, 0.6) is 23.0 Å². The molecule has 0 saturated carbocycles. The van der Waals surface area contributed by atoms with E-state index in [0.717, 1.165) is 17.3 Å². The zero-order valence-electron chi connectivity index (χ0n) is 22.5. The van der Waals surface area contributed by atoms with Crippen LogP contribution in [0.25, 0.3) is 16.6 Å². The normalized spacial score (nSPS) is 11.3. The van der Waals surface area contributed by atoms with E-state index in [1.54, 1.807) is 37.4 Å². The van der Waals surface area contributed by atoms with Gasteiger partial charge in [-0.05, 0) is 53.9 Å². The van der Waals surface area contributed by atoms with Gasteiger partial charge in [0.15, 0.2) is 17.3 Å². The summed E-state index contributed by atoms with van der Waals surface area (Å²) in [5.41, 5.74) is 2.93. The largest absolute Gasteiger partial charge is 1.00 e. The number of carbonyl (C=O) groups is 2. The molecular weight excluding hydrogens is 531 g/mol. The number of aryl methyl sites for hydroxylation is 1. The number of aliphatic carboxylic acids is 1. The molecule has 0 aliphatic heterocycles. The summed E-state index contributed by atoms with van der Waals surface area (Å²) < 4.78 is 29.9. The summed E-state index contributed by atoms with van der Waals surface area (Å²) in [4.78, 5) is 26.7. The van der Waals surface area contributed by atoms with Crippen LogP contribution in [0.1, 0.15) is 27.0 Å². The molecule has 0 bridgehead atoms. The minimum atomic E-state index is -1.49. The van der Waals surface area contributed by atoms with Gasteiger partial charge >= 0.3 is 29.6 Å². The Bertz CT molecular complexity index is 1540. The maximum Gasteiger partial charge on any atom is 1.00 e. The molecule has 0 saturated heterocycles. The van der Waals surface area contributed by atoms with Crippen molar-refractivity contribution in [3.63, 3.8) is 0 Å². The molecule has 0 atom stereocenters. The van der Waals surface area contributed by atoms with E-state index in [4.69, 9.17) is 18.9 Å². The maximum absolute atomic E-state index is 14.1. The Morgan fingerprint density at radius 2 is 1.44 bits per heavy atom. The number of aromatic nitrogens is 2. The van der Waals surface area contributed by atoms with E-state index in [1.807, 2.05) is 13.0 Å². The van der Waals surface area contributed by atoms with Crippen LogP contribution in [0, 0.1) is 6.92 Å². The second-order valence-electron chi connectivity index (χ2n) is 8.33. The van der Waals surface area contributed by atoms with Crippen molar-refractivity contribution in [3.8, 4) is 23.0 Å². The monoisotopic (exact) mass is 556 g/mol. The number of hydrogen-bond acceptors (Lipinski definition) is 10. The second kappa shape index (κ2) is 13.1. The third-order valence-corrected chi connectivity index (χ3v) is 6.65. The molecule has 0 radical (unpaired) electrons. The summed E-state index contributed by atoms with van der Waals surface area (Å²) in [5, 5.41) is 12.6. The first-order chi connectivity index (χ1) is 18.3. The van der Waals surface area contributed by atoms with Gasteiger partial charge in [-0.1, -0.05) is 18.2 Å². The zero-order valence-corrected chi connectivity index (χ0v) is 25.3. The predicted molar refractivity (Wildman–Crippen MR) is 141 cm³/mol. The molecule has 4 rings (SSSR count). The molecule has 196 valence electrons. The Balaban J connectivity index is 0.00000420. The van der Waals surface area contributed by atoms with Crippen LogP contribution in [-0.2, 0) is 11.2 Å². The van der Waals surface area contributed by atoms with Gasteiger partial charge in [0.25, 0.3) is 0 Å². The molecule has 11 heteroatoms. The fraction of sp³-hybridized carbons (Fsp3) is 0.214. The Kier molecular flexibility index (Phi) is 10.1. The number of methoxy groups -OCH3 is 4. The number of ether oxygens (including phenoxy) is 4. The Morgan fingerprint density at radius 1 is 0.795 bits per heavy atom. The van der Waals surface area contributed by atoms with Gasteiger partial charge < -0.3 is 28.8 Å². The molecule has 1 heterocycles. The van der Waals surface area contributed by atoms with Crippen LogP contribution in [0.4, 0.5) is 0 Å². The van der Waals surface area contributed by atoms with E-state index in [-0.39, 0.29) is 69.8 Å². The Hall–Kier alpha value is -3.44. The van der Waals surface area contributed by atoms with Gasteiger partial charge in [-0.25, -0.2) is 0 Å². The van der Waals surface area contributed by atoms with E-state index in [0.29, 0.717) is 28.1 Å². The molecule has 0 spiro atoms. The van der Waals surface area contributed by atoms with E-state index in [9.17, 15) is 14.7 Å². The van der Waals surface area contributed by atoms with Gasteiger partial charge in [-0.2, -0.15) is 8.75 Å². The van der Waals surface area contributed by atoms with Gasteiger partial charge in [-0.3, -0.25) is 4.79 Å². The molecule has 0 amide bonds. The molecule has 0 aliphatic rings. The molecule has 1 aromatic heterocycles. The molecule has 4 aromatic rings. The SMILES string of the molecule is COc1ccc(C/C(C(=O)c2cc(OC)c(OC)c(OC)c2)=C(\C(=O)[O-])c2ccc3nsnc3c2)cc1C.[Na+]. The van der Waals surface area contributed by atoms with Crippen LogP contribution in [0.3, 0.4) is 0 Å². The number of carboxylic acids is 1. The molecule has 0 unspecified atom stereocenters. The number of nitrogens with zero attached hydrogens (tertiary/aromatic N) is 2. The van der Waals surface area contributed by atoms with Crippen molar-refractivity contribution in [1.82, 2.24) is 8.75 Å². The van der Waals surface area contributed by atoms with Gasteiger partial charge in [0, 0.05) is 23.1 Å². The summed E-state index contributed by atoms with van der Waals surface area (Å²) in [6, 6.07) is 13.2. The van der Waals surface area contributed by atoms with Crippen molar-refractivity contribution in [2.45, 2.75) is 13.3 Å². The van der Waals surface area contributed by atoms with Gasteiger partial charge in [0.2, 0.25) is 5.75 Å². The van der Waals surface area contributed by atoms with Crippen LogP contribution in [0.2, 0.25) is 0 Å². The average molecular weight is 557 g/mol. The fourth-order valence-corrected chi connectivity index (χ4v) is 4.79. The molecular formula is C28H25N2NaO7S. The van der Waals surface area contributed by atoms with Crippen LogP contribution < -0.4 is 53.6 Å². The number of rotatable bonds is 10. The van der Waals surface area contributed by atoms with Crippen molar-refractivity contribution >= 4 is 40.1 Å². The van der Waals surface area contributed by atoms with E-state index < -0.39 is 11.8 Å². The standard InChI is InChI=1S/C28H26N2O7S.Na/c1-15-10-16(6-9-22(15)34-2)11-19(25(28(32)33)17-7-8-20-21(12-17)30-38-29-20)26(31)18-13-23(35-3)27(37-5)24(14-18)36-4;/h6-10,12-14H,11H2,1-5H3,(H,32,33);/q;+1/p-1/b25-19+;. The van der Waals surface area contributed by atoms with Crippen molar-refractivity contribution in [2.75, 3.05) is 28.4 Å². The number of hydrogen-bond donors (Lipinski definition) is 0. The van der Waals surface area contributed by atoms with Crippen molar-refractivity contribution in [1.29, 1.82) is 0 Å². The third-order valence-electron chi connectivity index (χ3n) is 6.09. The first-order valence-corrected chi connectivity index (χ1v) is 12.2. The minimum absolute atomic E-state index is 0. The summed E-state index contributed by atoms with van der Waals surface area (Å²) in [6.07, 6.45) is 0.0109. The van der Waals surface area contributed by atoms with E-state index >= 15 is 0 Å². The van der Waals surface area contributed by atoms with Crippen molar-refractivity contribution < 1.29 is 63.2 Å². The Morgan fingerprint density at radius 3 is 2.00 bits per heavy atom. The van der Waals surface area contributed by atoms with E-state index in [1.165, 1.54) is 33.5 Å². The molecule has 0 aliphatic carbocycles. The quantitative estimate of drug-likeness (QED) is 0.158. The number of allylic oxidation sites excluding steroid dienone is 1. The van der Waals surface area contributed by atoms with Crippen LogP contribution in [0.15, 0.2) is 54.1 Å². The summed E-state index contributed by atoms with van der Waals surface area (Å²) in [7, 11) is 5.90. The molecule has 9 nitrogen and oxygen atoms in total. The van der Waals surface area contributed by atoms with Gasteiger partial charge in [0.05, 0.1) is 46.1 Å². The molecule has 0 N–H and O–H groups in total.